The van der Waals surface area contributed by atoms with Crippen molar-refractivity contribution >= 4 is 29.5 Å². The molecule has 0 bridgehead atoms. The van der Waals surface area contributed by atoms with Gasteiger partial charge in [-0.1, -0.05) is 97.8 Å². The molecule has 0 aliphatic carbocycles. The maximum atomic E-state index is 13.4. The third-order valence-electron chi connectivity index (χ3n) is 5.50. The Balaban J connectivity index is 1.73. The van der Waals surface area contributed by atoms with Gasteiger partial charge in [0.15, 0.2) is 0 Å². The average Bonchev–Trinajstić information content (AvgIpc) is 2.89. The molecule has 190 valence electrons. The Bertz CT molecular complexity index is 1170. The molecule has 3 aromatic rings. The summed E-state index contributed by atoms with van der Waals surface area (Å²) in [4.78, 5) is 27.2. The lowest BCUT2D eigenvalue weighted by molar-refractivity contribution is 0.145. The molecule has 0 aliphatic rings. The van der Waals surface area contributed by atoms with Crippen LogP contribution in [-0.2, 0) is 17.8 Å². The second-order valence-electron chi connectivity index (χ2n) is 8.32. The number of benzene rings is 2. The number of unbranched alkanes of at least 4 members (excludes halogenated alkanes) is 1. The molecule has 1 N–H and O–H groups in total. The predicted molar refractivity (Wildman–Crippen MR) is 145 cm³/mol. The zero-order valence-electron chi connectivity index (χ0n) is 20.6. The van der Waals surface area contributed by atoms with Gasteiger partial charge in [0.2, 0.25) is 0 Å². The lowest BCUT2D eigenvalue weighted by atomic mass is 10.2. The van der Waals surface area contributed by atoms with Gasteiger partial charge in [-0.25, -0.2) is 9.48 Å². The number of hydrogen-bond donors (Lipinski definition) is 1. The van der Waals surface area contributed by atoms with Gasteiger partial charge in [-0.3, -0.25) is 4.79 Å². The van der Waals surface area contributed by atoms with Gasteiger partial charge in [0.25, 0.3) is 5.56 Å². The van der Waals surface area contributed by atoms with E-state index in [1.54, 1.807) is 0 Å². The first-order valence-corrected chi connectivity index (χ1v) is 12.6. The number of nitrogens with one attached hydrogen (secondary N) is 1. The van der Waals surface area contributed by atoms with Crippen molar-refractivity contribution in [2.24, 2.45) is 0 Å². The second-order valence-corrected chi connectivity index (χ2v) is 8.73. The zero-order valence-corrected chi connectivity index (χ0v) is 21.4. The minimum atomic E-state index is -0.424. The van der Waals surface area contributed by atoms with Crippen LogP contribution in [0.3, 0.4) is 0 Å². The number of halogens is 1. The first-order chi connectivity index (χ1) is 17.6. The van der Waals surface area contributed by atoms with Crippen LogP contribution < -0.4 is 15.8 Å². The Labute approximate surface area is 217 Å². The van der Waals surface area contributed by atoms with E-state index in [1.807, 2.05) is 77.7 Å². The smallest absolute Gasteiger partial charge is 0.407 e. The summed E-state index contributed by atoms with van der Waals surface area (Å²) in [5.74, 6) is 0. The van der Waals surface area contributed by atoms with Crippen LogP contribution in [0.1, 0.15) is 37.3 Å². The van der Waals surface area contributed by atoms with Crippen molar-refractivity contribution in [3.63, 3.8) is 0 Å². The first-order valence-electron chi connectivity index (χ1n) is 12.2. The molecule has 0 aliphatic heterocycles. The van der Waals surface area contributed by atoms with Gasteiger partial charge in [0, 0.05) is 19.6 Å². The molecule has 0 fully saturated rings. The van der Waals surface area contributed by atoms with Gasteiger partial charge >= 0.3 is 6.09 Å². The number of rotatable bonds is 13. The summed E-state index contributed by atoms with van der Waals surface area (Å²) in [7, 11) is 0. The Hall–Kier alpha value is -3.58. The molecule has 36 heavy (non-hydrogen) atoms. The minimum Gasteiger partial charge on any atom is -0.449 e. The standard InChI is InChI=1S/C28H33ClN4O3/c1-2-3-17-30-28(35)36-20-11-18-32(22-24-14-8-5-9-15-24)26-25(29)21-31-33(27(26)34)19-10-16-23-12-6-4-7-13-23/h4-10,12-16,21H,2-3,11,17-20,22H2,1H3,(H,30,35)/b16-10+. The van der Waals surface area contributed by atoms with Crippen LogP contribution in [0.15, 0.2) is 77.7 Å². The van der Waals surface area contributed by atoms with Crippen molar-refractivity contribution in [1.82, 2.24) is 15.1 Å². The third kappa shape index (κ3) is 8.57. The van der Waals surface area contributed by atoms with E-state index in [1.165, 1.54) is 10.9 Å². The molecule has 7 nitrogen and oxygen atoms in total. The molecular formula is C28H33ClN4O3. The van der Waals surface area contributed by atoms with Crippen LogP contribution in [-0.4, -0.2) is 35.6 Å². The minimum absolute atomic E-state index is 0.236. The van der Waals surface area contributed by atoms with Crippen molar-refractivity contribution in [2.45, 2.75) is 39.3 Å². The van der Waals surface area contributed by atoms with E-state index in [9.17, 15) is 9.59 Å². The van der Waals surface area contributed by atoms with Gasteiger partial charge < -0.3 is 15.0 Å². The fourth-order valence-corrected chi connectivity index (χ4v) is 3.88. The SMILES string of the molecule is CCCCNC(=O)OCCCN(Cc1ccccc1)c1c(Cl)cnn(C/C=C/c2ccccc2)c1=O. The summed E-state index contributed by atoms with van der Waals surface area (Å²) >= 11 is 6.50. The molecule has 0 atom stereocenters. The average molecular weight is 509 g/mol. The predicted octanol–water partition coefficient (Wildman–Crippen LogP) is 5.53. The lowest BCUT2D eigenvalue weighted by Crippen LogP contribution is -2.34. The Kier molecular flexibility index (Phi) is 11.1. The molecule has 2 aromatic carbocycles. The van der Waals surface area contributed by atoms with Gasteiger partial charge in [-0.15, -0.1) is 0 Å². The Morgan fingerprint density at radius 1 is 1.11 bits per heavy atom. The van der Waals surface area contributed by atoms with Crippen LogP contribution in [0.25, 0.3) is 6.08 Å². The molecule has 0 saturated carbocycles. The van der Waals surface area contributed by atoms with Crippen LogP contribution in [0.5, 0.6) is 0 Å². The third-order valence-corrected chi connectivity index (χ3v) is 5.78. The van der Waals surface area contributed by atoms with Gasteiger partial charge in [-0.2, -0.15) is 5.10 Å². The van der Waals surface area contributed by atoms with Gasteiger partial charge in [0.05, 0.1) is 24.4 Å². The van der Waals surface area contributed by atoms with E-state index in [4.69, 9.17) is 16.3 Å². The molecule has 1 amide bonds. The fourth-order valence-electron chi connectivity index (χ4n) is 3.64. The van der Waals surface area contributed by atoms with E-state index in [0.717, 1.165) is 24.0 Å². The molecule has 0 saturated heterocycles. The highest BCUT2D eigenvalue weighted by atomic mass is 35.5. The van der Waals surface area contributed by atoms with E-state index in [0.29, 0.717) is 38.3 Å². The maximum absolute atomic E-state index is 13.4. The molecule has 1 aromatic heterocycles. The zero-order chi connectivity index (χ0) is 25.6. The number of carbonyl (C=O) groups excluding carboxylic acids is 1. The number of anilines is 1. The summed E-state index contributed by atoms with van der Waals surface area (Å²) in [6, 6.07) is 19.7. The molecule has 8 heteroatoms. The summed E-state index contributed by atoms with van der Waals surface area (Å²) in [6.07, 6.45) is 7.38. The molecule has 0 radical (unpaired) electrons. The monoisotopic (exact) mass is 508 g/mol. The van der Waals surface area contributed by atoms with E-state index >= 15 is 0 Å². The first kappa shape index (κ1) is 27.0. The highest BCUT2D eigenvalue weighted by Gasteiger charge is 2.18. The highest BCUT2D eigenvalue weighted by molar-refractivity contribution is 6.33. The normalized spacial score (nSPS) is 10.9. The molecule has 0 spiro atoms. The number of allylic oxidation sites excluding steroid dienone is 1. The second kappa shape index (κ2) is 14.7. The van der Waals surface area contributed by atoms with Crippen molar-refractivity contribution < 1.29 is 9.53 Å². The number of ether oxygens (including phenoxy) is 1. The Morgan fingerprint density at radius 2 is 1.83 bits per heavy atom. The maximum Gasteiger partial charge on any atom is 0.407 e. The topological polar surface area (TPSA) is 76.5 Å². The number of alkyl carbamates (subject to hydrolysis) is 1. The van der Waals surface area contributed by atoms with E-state index in [-0.39, 0.29) is 17.2 Å². The number of hydrogen-bond acceptors (Lipinski definition) is 5. The summed E-state index contributed by atoms with van der Waals surface area (Å²) in [5.41, 5.74) is 2.20. The summed E-state index contributed by atoms with van der Waals surface area (Å²) in [6.45, 7) is 4.18. The number of carbonyl (C=O) groups is 1. The van der Waals surface area contributed by atoms with E-state index in [2.05, 4.69) is 17.3 Å². The molecule has 1 heterocycles. The molecule has 3 rings (SSSR count). The number of aromatic nitrogens is 2. The van der Waals surface area contributed by atoms with Crippen LogP contribution in [0, 0.1) is 0 Å². The van der Waals surface area contributed by atoms with Gasteiger partial charge in [-0.05, 0) is 24.0 Å². The largest absolute Gasteiger partial charge is 0.449 e. The van der Waals surface area contributed by atoms with Crippen molar-refractivity contribution in [2.75, 3.05) is 24.6 Å². The summed E-state index contributed by atoms with van der Waals surface area (Å²) in [5, 5.41) is 7.26. The molecular weight excluding hydrogens is 476 g/mol. The number of amides is 1. The van der Waals surface area contributed by atoms with Crippen LogP contribution in [0.4, 0.5) is 10.5 Å². The highest BCUT2D eigenvalue weighted by Crippen LogP contribution is 2.22. The van der Waals surface area contributed by atoms with E-state index < -0.39 is 6.09 Å². The van der Waals surface area contributed by atoms with Crippen LogP contribution >= 0.6 is 11.6 Å². The van der Waals surface area contributed by atoms with Crippen molar-refractivity contribution in [3.8, 4) is 0 Å². The van der Waals surface area contributed by atoms with Crippen molar-refractivity contribution in [1.29, 1.82) is 0 Å². The number of nitrogens with zero attached hydrogens (tertiary/aromatic N) is 3. The van der Waals surface area contributed by atoms with Gasteiger partial charge in [0.1, 0.15) is 5.69 Å². The van der Waals surface area contributed by atoms with Crippen molar-refractivity contribution in [3.05, 3.63) is 99.4 Å². The quantitative estimate of drug-likeness (QED) is 0.307. The Morgan fingerprint density at radius 3 is 2.56 bits per heavy atom. The fraction of sp³-hybridized carbons (Fsp3) is 0.321. The lowest BCUT2D eigenvalue weighted by Gasteiger charge is -2.25. The van der Waals surface area contributed by atoms with Crippen LogP contribution in [0.2, 0.25) is 5.02 Å². The summed E-state index contributed by atoms with van der Waals surface area (Å²) < 4.78 is 6.69. The molecule has 0 unspecified atom stereocenters.